The lowest BCUT2D eigenvalue weighted by Crippen LogP contribution is -2.54. The van der Waals surface area contributed by atoms with Gasteiger partial charge in [0.2, 0.25) is 5.91 Å². The number of likely N-dealkylation sites (tertiary alicyclic amines) is 1. The molecule has 2 aromatic rings. The molecule has 0 radical (unpaired) electrons. The number of nitrogens with two attached hydrogens (primary N) is 1. The van der Waals surface area contributed by atoms with Gasteiger partial charge in [-0.3, -0.25) is 4.79 Å². The lowest BCUT2D eigenvalue weighted by atomic mass is 9.80. The molecule has 25 heavy (non-hydrogen) atoms. The molecular weight excluding hydrogens is 378 g/mol. The van der Waals surface area contributed by atoms with Gasteiger partial charge in [-0.15, -0.1) is 35.5 Å². The summed E-state index contributed by atoms with van der Waals surface area (Å²) in [6, 6.07) is 6.11. The van der Waals surface area contributed by atoms with Crippen LogP contribution in [0.3, 0.4) is 0 Å². The van der Waals surface area contributed by atoms with Gasteiger partial charge in [0.1, 0.15) is 0 Å². The second-order valence-electron chi connectivity index (χ2n) is 6.85. The van der Waals surface area contributed by atoms with Crippen LogP contribution in [0.1, 0.15) is 26.0 Å². The summed E-state index contributed by atoms with van der Waals surface area (Å²) in [5, 5.41) is 6.09. The quantitative estimate of drug-likeness (QED) is 0.827. The van der Waals surface area contributed by atoms with E-state index in [-0.39, 0.29) is 29.8 Å². The Morgan fingerprint density at radius 1 is 1.56 bits per heavy atom. The number of halogens is 1. The van der Waals surface area contributed by atoms with Crippen LogP contribution in [0.2, 0.25) is 0 Å². The molecule has 1 saturated heterocycles. The summed E-state index contributed by atoms with van der Waals surface area (Å²) in [5.74, 6) is 2.12. The summed E-state index contributed by atoms with van der Waals surface area (Å²) in [5.41, 5.74) is 6.99. The minimum Gasteiger partial charge on any atom is -0.355 e. The van der Waals surface area contributed by atoms with Gasteiger partial charge in [-0.05, 0) is 23.3 Å². The third-order valence-corrected chi connectivity index (χ3v) is 6.30. The van der Waals surface area contributed by atoms with Crippen molar-refractivity contribution >= 4 is 41.4 Å². The zero-order valence-corrected chi connectivity index (χ0v) is 16.9. The average molecular weight is 402 g/mol. The first-order chi connectivity index (χ1) is 11.5. The van der Waals surface area contributed by atoms with Gasteiger partial charge in [0, 0.05) is 31.0 Å². The number of aromatic nitrogens is 1. The summed E-state index contributed by atoms with van der Waals surface area (Å²) >= 11 is 3.20. The van der Waals surface area contributed by atoms with Crippen LogP contribution in [-0.2, 0) is 10.5 Å². The molecular formula is C17H24ClN3O2S2. The number of thioether (sulfide) groups is 1. The molecule has 0 aliphatic carbocycles. The summed E-state index contributed by atoms with van der Waals surface area (Å²) in [7, 11) is 0. The monoisotopic (exact) mass is 401 g/mol. The Morgan fingerprint density at radius 2 is 2.36 bits per heavy atom. The molecule has 0 aromatic carbocycles. The number of thiophene rings is 1. The van der Waals surface area contributed by atoms with Crippen LogP contribution >= 0.6 is 35.5 Å². The molecule has 3 heterocycles. The van der Waals surface area contributed by atoms with Crippen LogP contribution in [0.5, 0.6) is 0 Å². The van der Waals surface area contributed by atoms with Gasteiger partial charge in [-0.1, -0.05) is 25.1 Å². The molecule has 0 spiro atoms. The van der Waals surface area contributed by atoms with Gasteiger partial charge in [0.15, 0.2) is 5.76 Å². The number of carbonyl (C=O) groups excluding carboxylic acids is 1. The third-order valence-electron chi connectivity index (χ3n) is 4.46. The highest BCUT2D eigenvalue weighted by atomic mass is 35.5. The number of hydrogen-bond acceptors (Lipinski definition) is 6. The van der Waals surface area contributed by atoms with Crippen LogP contribution < -0.4 is 5.73 Å². The molecule has 2 aromatic heterocycles. The average Bonchev–Trinajstić information content (AvgIpc) is 3.20. The fourth-order valence-electron chi connectivity index (χ4n) is 2.84. The van der Waals surface area contributed by atoms with Crippen LogP contribution in [0.25, 0.3) is 10.6 Å². The van der Waals surface area contributed by atoms with E-state index >= 15 is 0 Å². The molecule has 2 N–H and O–H groups in total. The fourth-order valence-corrected chi connectivity index (χ4v) is 4.31. The normalized spacial score (nSPS) is 19.5. The Hall–Kier alpha value is -1.02. The number of piperidine rings is 1. The highest BCUT2D eigenvalue weighted by Crippen LogP contribution is 2.29. The first-order valence-corrected chi connectivity index (χ1v) is 10.1. The van der Waals surface area contributed by atoms with Crippen molar-refractivity contribution in [3.63, 3.8) is 0 Å². The van der Waals surface area contributed by atoms with Crippen molar-refractivity contribution in [2.24, 2.45) is 11.1 Å². The molecule has 0 bridgehead atoms. The van der Waals surface area contributed by atoms with Gasteiger partial charge in [0.25, 0.3) is 0 Å². The smallest absolute Gasteiger partial charge is 0.232 e. The van der Waals surface area contributed by atoms with E-state index in [2.05, 4.69) is 19.0 Å². The topological polar surface area (TPSA) is 72.4 Å². The van der Waals surface area contributed by atoms with E-state index in [4.69, 9.17) is 10.3 Å². The lowest BCUT2D eigenvalue weighted by Gasteiger charge is -2.42. The van der Waals surface area contributed by atoms with Crippen molar-refractivity contribution in [2.75, 3.05) is 18.8 Å². The Morgan fingerprint density at radius 3 is 3.04 bits per heavy atom. The molecule has 138 valence electrons. The van der Waals surface area contributed by atoms with Gasteiger partial charge in [0.05, 0.1) is 16.3 Å². The summed E-state index contributed by atoms with van der Waals surface area (Å²) in [6.45, 7) is 5.76. The van der Waals surface area contributed by atoms with Gasteiger partial charge < -0.3 is 15.2 Å². The minimum absolute atomic E-state index is 0. The molecule has 8 heteroatoms. The molecule has 1 atom stereocenters. The molecule has 1 aliphatic rings. The Kier molecular flexibility index (Phi) is 6.96. The van der Waals surface area contributed by atoms with Crippen molar-refractivity contribution < 1.29 is 9.32 Å². The highest BCUT2D eigenvalue weighted by Gasteiger charge is 2.35. The third kappa shape index (κ3) is 5.00. The maximum absolute atomic E-state index is 12.4. The number of carbonyl (C=O) groups is 1. The van der Waals surface area contributed by atoms with Gasteiger partial charge >= 0.3 is 0 Å². The molecule has 1 unspecified atom stereocenters. The Balaban J connectivity index is 0.00000225. The van der Waals surface area contributed by atoms with Gasteiger partial charge in [-0.25, -0.2) is 0 Å². The first kappa shape index (κ1) is 20.3. The maximum atomic E-state index is 12.4. The van der Waals surface area contributed by atoms with Crippen molar-refractivity contribution in [3.8, 4) is 10.6 Å². The minimum atomic E-state index is -0.0136. The van der Waals surface area contributed by atoms with Gasteiger partial charge in [-0.2, -0.15) is 0 Å². The maximum Gasteiger partial charge on any atom is 0.232 e. The van der Waals surface area contributed by atoms with E-state index in [0.29, 0.717) is 11.5 Å². The molecule has 0 saturated carbocycles. The number of nitrogens with zero attached hydrogens (tertiary/aromatic N) is 2. The van der Waals surface area contributed by atoms with Crippen molar-refractivity contribution in [1.29, 1.82) is 0 Å². The zero-order chi connectivity index (χ0) is 17.2. The number of hydrogen-bond donors (Lipinski definition) is 1. The van der Waals surface area contributed by atoms with Crippen molar-refractivity contribution in [2.45, 2.75) is 32.1 Å². The largest absolute Gasteiger partial charge is 0.355 e. The predicted octanol–water partition coefficient (Wildman–Crippen LogP) is 3.64. The first-order valence-electron chi connectivity index (χ1n) is 8.06. The fraction of sp³-hybridized carbons (Fsp3) is 0.529. The molecule has 1 aliphatic heterocycles. The van der Waals surface area contributed by atoms with E-state index in [1.54, 1.807) is 23.1 Å². The van der Waals surface area contributed by atoms with E-state index in [1.165, 1.54) is 0 Å². The van der Waals surface area contributed by atoms with Crippen molar-refractivity contribution in [3.05, 3.63) is 29.3 Å². The molecule has 5 nitrogen and oxygen atoms in total. The second kappa shape index (κ2) is 8.58. The van der Waals surface area contributed by atoms with E-state index in [0.717, 1.165) is 35.8 Å². The Labute approximate surface area is 162 Å². The summed E-state index contributed by atoms with van der Waals surface area (Å²) in [6.07, 6.45) is 0.872. The van der Waals surface area contributed by atoms with Crippen LogP contribution in [0.15, 0.2) is 28.1 Å². The SMILES string of the molecule is CC1(C)CN(C(=O)CSCc2cc(-c3cccs3)on2)CCC1N.Cl. The van der Waals surface area contributed by atoms with E-state index < -0.39 is 0 Å². The highest BCUT2D eigenvalue weighted by molar-refractivity contribution is 7.99. The summed E-state index contributed by atoms with van der Waals surface area (Å²) < 4.78 is 5.36. The molecule has 1 amide bonds. The van der Waals surface area contributed by atoms with E-state index in [9.17, 15) is 4.79 Å². The standard InChI is InChI=1S/C17H23N3O2S2.ClH/c1-17(2)11-20(6-5-15(17)18)16(21)10-23-9-12-8-13(22-19-12)14-4-3-7-24-14;/h3-4,7-8,15H,5-6,9-11,18H2,1-2H3;1H. The number of rotatable bonds is 5. The Bertz CT molecular complexity index is 688. The molecule has 1 fully saturated rings. The number of amides is 1. The van der Waals surface area contributed by atoms with Crippen LogP contribution in [0.4, 0.5) is 0 Å². The zero-order valence-electron chi connectivity index (χ0n) is 14.4. The predicted molar refractivity (Wildman–Crippen MR) is 106 cm³/mol. The van der Waals surface area contributed by atoms with Crippen LogP contribution in [-0.4, -0.2) is 40.8 Å². The summed E-state index contributed by atoms with van der Waals surface area (Å²) in [4.78, 5) is 15.4. The van der Waals surface area contributed by atoms with Crippen molar-refractivity contribution in [1.82, 2.24) is 10.1 Å². The lowest BCUT2D eigenvalue weighted by molar-refractivity contribution is -0.131. The molecule has 3 rings (SSSR count). The van der Waals surface area contributed by atoms with Crippen LogP contribution in [0, 0.1) is 5.41 Å². The van der Waals surface area contributed by atoms with E-state index in [1.807, 2.05) is 28.5 Å². The second-order valence-corrected chi connectivity index (χ2v) is 8.78.